The molecule has 3 N–H and O–H groups in total. The maximum Gasteiger partial charge on any atom is 0.335 e. The van der Waals surface area contributed by atoms with E-state index in [1.165, 1.54) is 42.5 Å². The average molecular weight is 449 g/mol. The first kappa shape index (κ1) is 22.4. The van der Waals surface area contributed by atoms with E-state index in [1.807, 2.05) is 6.07 Å². The molecule has 0 fully saturated rings. The fraction of sp³-hybridized carbons (Fsp3) is 0.0417. The van der Waals surface area contributed by atoms with Crippen LogP contribution in [-0.4, -0.2) is 22.1 Å². The van der Waals surface area contributed by atoms with Gasteiger partial charge in [0.05, 0.1) is 10.6 Å². The van der Waals surface area contributed by atoms with E-state index in [0.29, 0.717) is 22.6 Å². The largest absolute Gasteiger partial charge is 0.508 e. The summed E-state index contributed by atoms with van der Waals surface area (Å²) >= 11 is 6.27. The van der Waals surface area contributed by atoms with Gasteiger partial charge in [0.1, 0.15) is 29.7 Å². The number of carboxylic acids is 1. The molecule has 8 heteroatoms. The van der Waals surface area contributed by atoms with Crippen LogP contribution in [-0.2, 0) is 11.4 Å². The van der Waals surface area contributed by atoms with Crippen LogP contribution in [0.2, 0.25) is 5.02 Å². The maximum atomic E-state index is 12.4. The number of nitrogens with zero attached hydrogens (tertiary/aromatic N) is 1. The van der Waals surface area contributed by atoms with Crippen LogP contribution in [0.5, 0.6) is 11.5 Å². The van der Waals surface area contributed by atoms with Gasteiger partial charge in [0.25, 0.3) is 5.91 Å². The highest BCUT2D eigenvalue weighted by atomic mass is 35.5. The number of phenolic OH excluding ortho intramolecular Hbond substituents is 1. The average Bonchev–Trinajstić information content (AvgIpc) is 2.78. The topological polar surface area (TPSA) is 120 Å². The van der Waals surface area contributed by atoms with Crippen molar-refractivity contribution in [2.45, 2.75) is 6.61 Å². The summed E-state index contributed by atoms with van der Waals surface area (Å²) in [6.45, 7) is 0.120. The lowest BCUT2D eigenvalue weighted by molar-refractivity contribution is -0.112. The summed E-state index contributed by atoms with van der Waals surface area (Å²) in [6.07, 6.45) is 1.39. The fourth-order valence-electron chi connectivity index (χ4n) is 2.74. The van der Waals surface area contributed by atoms with E-state index in [4.69, 9.17) is 21.4 Å². The van der Waals surface area contributed by atoms with Crippen molar-refractivity contribution in [3.05, 3.63) is 94.0 Å². The van der Waals surface area contributed by atoms with Crippen LogP contribution < -0.4 is 10.1 Å². The molecule has 3 aromatic carbocycles. The van der Waals surface area contributed by atoms with Gasteiger partial charge in [0, 0.05) is 5.69 Å². The SMILES string of the molecule is N#C/C(=C\c1ccc(OCc2cccc(C(=O)O)c2)c(Cl)c1)C(=O)Nc1ccc(O)cc1. The second-order valence-electron chi connectivity index (χ2n) is 6.65. The summed E-state index contributed by atoms with van der Waals surface area (Å²) < 4.78 is 5.67. The van der Waals surface area contributed by atoms with E-state index in [-0.39, 0.29) is 28.5 Å². The number of ether oxygens (including phenoxy) is 1. The number of hydrogen-bond acceptors (Lipinski definition) is 5. The number of carbonyl (C=O) groups excluding carboxylic acids is 1. The Hall–Kier alpha value is -4.28. The van der Waals surface area contributed by atoms with E-state index < -0.39 is 11.9 Å². The van der Waals surface area contributed by atoms with Gasteiger partial charge in [-0.2, -0.15) is 5.26 Å². The Morgan fingerprint density at radius 2 is 1.84 bits per heavy atom. The van der Waals surface area contributed by atoms with E-state index in [1.54, 1.807) is 30.3 Å². The van der Waals surface area contributed by atoms with Gasteiger partial charge >= 0.3 is 5.97 Å². The van der Waals surface area contributed by atoms with Crippen molar-refractivity contribution >= 4 is 35.2 Å². The minimum absolute atomic E-state index is 0.0607. The van der Waals surface area contributed by atoms with E-state index >= 15 is 0 Å². The minimum atomic E-state index is -1.02. The molecule has 3 aromatic rings. The molecule has 7 nitrogen and oxygen atoms in total. The van der Waals surface area contributed by atoms with Gasteiger partial charge in [0.15, 0.2) is 0 Å². The molecule has 1 amide bonds. The summed E-state index contributed by atoms with van der Waals surface area (Å²) in [5.74, 6) is -1.20. The van der Waals surface area contributed by atoms with Crippen LogP contribution in [0.15, 0.2) is 72.3 Å². The van der Waals surface area contributed by atoms with Gasteiger partial charge in [-0.15, -0.1) is 0 Å². The zero-order chi connectivity index (χ0) is 23.1. The van der Waals surface area contributed by atoms with Gasteiger partial charge < -0.3 is 20.3 Å². The highest BCUT2D eigenvalue weighted by Gasteiger charge is 2.11. The Balaban J connectivity index is 1.70. The lowest BCUT2D eigenvalue weighted by atomic mass is 10.1. The Kier molecular flexibility index (Phi) is 7.11. The molecule has 0 radical (unpaired) electrons. The number of carboxylic acid groups (broad SMARTS) is 1. The molecule has 0 aromatic heterocycles. The van der Waals surface area contributed by atoms with E-state index in [2.05, 4.69) is 5.32 Å². The second-order valence-corrected chi connectivity index (χ2v) is 7.06. The third-order valence-electron chi connectivity index (χ3n) is 4.33. The molecule has 0 heterocycles. The normalized spacial score (nSPS) is 10.8. The van der Waals surface area contributed by atoms with Gasteiger partial charge in [-0.1, -0.05) is 29.8 Å². The van der Waals surface area contributed by atoms with E-state index in [9.17, 15) is 20.0 Å². The Labute approximate surface area is 188 Å². The van der Waals surface area contributed by atoms with Gasteiger partial charge in [0.2, 0.25) is 0 Å². The van der Waals surface area contributed by atoms with Crippen molar-refractivity contribution in [1.82, 2.24) is 0 Å². The van der Waals surface area contributed by atoms with Crippen molar-refractivity contribution in [2.24, 2.45) is 0 Å². The smallest absolute Gasteiger partial charge is 0.335 e. The Morgan fingerprint density at radius 3 is 2.50 bits per heavy atom. The quantitative estimate of drug-likeness (QED) is 0.269. The minimum Gasteiger partial charge on any atom is -0.508 e. The van der Waals surface area contributed by atoms with Gasteiger partial charge in [-0.05, 0) is 65.7 Å². The van der Waals surface area contributed by atoms with Crippen LogP contribution >= 0.6 is 11.6 Å². The molecule has 0 unspecified atom stereocenters. The molecule has 32 heavy (non-hydrogen) atoms. The lowest BCUT2D eigenvalue weighted by Gasteiger charge is -2.09. The van der Waals surface area contributed by atoms with Crippen molar-refractivity contribution in [2.75, 3.05) is 5.32 Å². The first-order valence-electron chi connectivity index (χ1n) is 9.32. The predicted octanol–water partition coefficient (Wildman–Crippen LogP) is 4.87. The molecule has 0 aliphatic carbocycles. The monoisotopic (exact) mass is 448 g/mol. The first-order chi connectivity index (χ1) is 15.4. The van der Waals surface area contributed by atoms with E-state index in [0.717, 1.165) is 0 Å². The summed E-state index contributed by atoms with van der Waals surface area (Å²) in [5.41, 5.74) is 1.65. The van der Waals surface area contributed by atoms with Gasteiger partial charge in [-0.25, -0.2) is 4.79 Å². The summed E-state index contributed by atoms with van der Waals surface area (Å²) in [7, 11) is 0. The number of carbonyl (C=O) groups is 2. The molecule has 0 saturated heterocycles. The number of halogens is 1. The molecule has 0 saturated carbocycles. The number of aromatic carboxylic acids is 1. The first-order valence-corrected chi connectivity index (χ1v) is 9.70. The molecule has 3 rings (SSSR count). The van der Waals surface area contributed by atoms with Crippen molar-refractivity contribution < 1.29 is 24.5 Å². The van der Waals surface area contributed by atoms with Crippen molar-refractivity contribution in [3.8, 4) is 17.6 Å². The summed E-state index contributed by atoms with van der Waals surface area (Å²) in [4.78, 5) is 23.4. The number of nitrogens with one attached hydrogen (secondary N) is 1. The number of hydrogen-bond donors (Lipinski definition) is 3. The molecule has 0 aliphatic heterocycles. The highest BCUT2D eigenvalue weighted by Crippen LogP contribution is 2.27. The summed E-state index contributed by atoms with van der Waals surface area (Å²) in [6, 6.07) is 18.9. The van der Waals surface area contributed by atoms with Crippen LogP contribution in [0, 0.1) is 11.3 Å². The number of benzene rings is 3. The molecule has 0 aliphatic rings. The van der Waals surface area contributed by atoms with Crippen LogP contribution in [0.3, 0.4) is 0 Å². The third kappa shape index (κ3) is 5.88. The highest BCUT2D eigenvalue weighted by molar-refractivity contribution is 6.32. The molecule has 0 atom stereocenters. The second kappa shape index (κ2) is 10.2. The van der Waals surface area contributed by atoms with Crippen LogP contribution in [0.1, 0.15) is 21.5 Å². The fourth-order valence-corrected chi connectivity index (χ4v) is 2.98. The van der Waals surface area contributed by atoms with Crippen molar-refractivity contribution in [1.29, 1.82) is 5.26 Å². The molecule has 0 spiro atoms. The van der Waals surface area contributed by atoms with Crippen molar-refractivity contribution in [3.63, 3.8) is 0 Å². The zero-order valence-corrected chi connectivity index (χ0v) is 17.3. The standard InChI is InChI=1S/C24H17ClN2O5/c25-21-12-15(10-18(13-26)23(29)27-19-5-7-20(28)8-6-19)4-9-22(21)32-14-16-2-1-3-17(11-16)24(30)31/h1-12,28H,14H2,(H,27,29)(H,30,31)/b18-10+. The predicted molar refractivity (Wildman–Crippen MR) is 120 cm³/mol. The van der Waals surface area contributed by atoms with Crippen LogP contribution in [0.4, 0.5) is 5.69 Å². The number of aromatic hydroxyl groups is 1. The number of anilines is 1. The number of amides is 1. The lowest BCUT2D eigenvalue weighted by Crippen LogP contribution is -2.13. The maximum absolute atomic E-state index is 12.4. The Morgan fingerprint density at radius 1 is 1.09 bits per heavy atom. The third-order valence-corrected chi connectivity index (χ3v) is 4.62. The number of phenols is 1. The molecule has 0 bridgehead atoms. The molecular formula is C24H17ClN2O5. The van der Waals surface area contributed by atoms with Crippen LogP contribution in [0.25, 0.3) is 6.08 Å². The number of rotatable bonds is 7. The Bertz CT molecular complexity index is 1230. The molecular weight excluding hydrogens is 432 g/mol. The zero-order valence-electron chi connectivity index (χ0n) is 16.6. The van der Waals surface area contributed by atoms with Gasteiger partial charge in [-0.3, -0.25) is 4.79 Å². The number of nitriles is 1. The molecule has 160 valence electrons. The summed E-state index contributed by atoms with van der Waals surface area (Å²) in [5, 5.41) is 30.6.